The largest absolute Gasteiger partial charge is 0.277 e. The molecule has 1 heterocycles. The molecule has 0 saturated heterocycles. The SMILES string of the molecule is Cc1c(Cl)cccc1S(=O)(=O)Nc1cccc2cccnc12. The summed E-state index contributed by atoms with van der Waals surface area (Å²) in [4.78, 5) is 4.41. The number of pyridine rings is 1. The van der Waals surface area contributed by atoms with E-state index < -0.39 is 10.0 Å². The monoisotopic (exact) mass is 332 g/mol. The first kappa shape index (κ1) is 14.8. The molecular formula is C16H13ClN2O2S. The minimum atomic E-state index is -3.73. The number of hydrogen-bond donors (Lipinski definition) is 1. The summed E-state index contributed by atoms with van der Waals surface area (Å²) in [5.74, 6) is 0. The van der Waals surface area contributed by atoms with E-state index in [0.29, 0.717) is 21.8 Å². The molecule has 0 radical (unpaired) electrons. The first-order valence-corrected chi connectivity index (χ1v) is 8.47. The zero-order valence-corrected chi connectivity index (χ0v) is 13.3. The van der Waals surface area contributed by atoms with Gasteiger partial charge in [0.1, 0.15) is 0 Å². The molecular weight excluding hydrogens is 320 g/mol. The number of halogens is 1. The molecule has 112 valence electrons. The lowest BCUT2D eigenvalue weighted by molar-refractivity contribution is 0.600. The highest BCUT2D eigenvalue weighted by atomic mass is 35.5. The zero-order chi connectivity index (χ0) is 15.7. The molecule has 6 heteroatoms. The number of rotatable bonds is 3. The minimum Gasteiger partial charge on any atom is -0.277 e. The predicted octanol–water partition coefficient (Wildman–Crippen LogP) is 4.00. The second-order valence-electron chi connectivity index (χ2n) is 4.85. The van der Waals surface area contributed by atoms with Gasteiger partial charge in [-0.3, -0.25) is 9.71 Å². The Morgan fingerprint density at radius 2 is 1.77 bits per heavy atom. The number of aromatic nitrogens is 1. The van der Waals surface area contributed by atoms with Crippen LogP contribution in [0.3, 0.4) is 0 Å². The summed E-state index contributed by atoms with van der Waals surface area (Å²) in [7, 11) is -3.73. The van der Waals surface area contributed by atoms with Gasteiger partial charge in [-0.25, -0.2) is 8.42 Å². The summed E-state index contributed by atoms with van der Waals surface area (Å²) >= 11 is 6.01. The molecule has 0 atom stereocenters. The third kappa shape index (κ3) is 2.65. The van der Waals surface area contributed by atoms with E-state index in [1.54, 1.807) is 37.4 Å². The van der Waals surface area contributed by atoms with E-state index in [1.165, 1.54) is 6.07 Å². The van der Waals surface area contributed by atoms with Crippen molar-refractivity contribution >= 4 is 38.2 Å². The maximum absolute atomic E-state index is 12.6. The van der Waals surface area contributed by atoms with Crippen LogP contribution in [0, 0.1) is 6.92 Å². The molecule has 0 aliphatic carbocycles. The molecule has 4 nitrogen and oxygen atoms in total. The Morgan fingerprint density at radius 1 is 1.05 bits per heavy atom. The van der Waals surface area contributed by atoms with Gasteiger partial charge in [-0.05, 0) is 36.8 Å². The Morgan fingerprint density at radius 3 is 2.59 bits per heavy atom. The normalized spacial score (nSPS) is 11.5. The number of nitrogens with one attached hydrogen (secondary N) is 1. The molecule has 1 N–H and O–H groups in total. The van der Waals surface area contributed by atoms with Gasteiger partial charge in [0.25, 0.3) is 10.0 Å². The average Bonchev–Trinajstić information content (AvgIpc) is 2.50. The molecule has 3 aromatic rings. The molecule has 0 unspecified atom stereocenters. The smallest absolute Gasteiger partial charge is 0.262 e. The van der Waals surface area contributed by atoms with E-state index in [2.05, 4.69) is 9.71 Å². The summed E-state index contributed by atoms with van der Waals surface area (Å²) in [5, 5.41) is 1.28. The molecule has 0 bridgehead atoms. The van der Waals surface area contributed by atoms with Crippen molar-refractivity contribution in [1.82, 2.24) is 4.98 Å². The van der Waals surface area contributed by atoms with E-state index in [4.69, 9.17) is 11.6 Å². The van der Waals surface area contributed by atoms with Crippen LogP contribution in [0.2, 0.25) is 5.02 Å². The van der Waals surface area contributed by atoms with Gasteiger partial charge in [0.2, 0.25) is 0 Å². The standard InChI is InChI=1S/C16H13ClN2O2S/c1-11-13(17)7-3-9-15(11)22(20,21)19-14-8-2-5-12-6-4-10-18-16(12)14/h2-10,19H,1H3. The van der Waals surface area contributed by atoms with Crippen LogP contribution in [0.15, 0.2) is 59.6 Å². The van der Waals surface area contributed by atoms with Crippen molar-refractivity contribution < 1.29 is 8.42 Å². The van der Waals surface area contributed by atoms with E-state index in [1.807, 2.05) is 18.2 Å². The molecule has 0 spiro atoms. The van der Waals surface area contributed by atoms with Gasteiger partial charge in [0.05, 0.1) is 16.1 Å². The van der Waals surface area contributed by atoms with Crippen molar-refractivity contribution in [3.8, 4) is 0 Å². The Hall–Kier alpha value is -2.11. The van der Waals surface area contributed by atoms with Crippen LogP contribution in [-0.4, -0.2) is 13.4 Å². The lowest BCUT2D eigenvalue weighted by Crippen LogP contribution is -2.14. The van der Waals surface area contributed by atoms with Gasteiger partial charge in [-0.1, -0.05) is 35.9 Å². The predicted molar refractivity (Wildman–Crippen MR) is 88.7 cm³/mol. The van der Waals surface area contributed by atoms with Gasteiger partial charge in [-0.2, -0.15) is 0 Å². The number of hydrogen-bond acceptors (Lipinski definition) is 3. The number of para-hydroxylation sites is 1. The van der Waals surface area contributed by atoms with E-state index in [-0.39, 0.29) is 4.90 Å². The van der Waals surface area contributed by atoms with E-state index in [0.717, 1.165) is 5.39 Å². The Bertz CT molecular complexity index is 950. The van der Waals surface area contributed by atoms with Gasteiger partial charge < -0.3 is 0 Å². The summed E-state index contributed by atoms with van der Waals surface area (Å²) < 4.78 is 27.8. The van der Waals surface area contributed by atoms with Crippen LogP contribution in [0.25, 0.3) is 10.9 Å². The number of benzene rings is 2. The topological polar surface area (TPSA) is 59.1 Å². The maximum atomic E-state index is 12.6. The summed E-state index contributed by atoms with van der Waals surface area (Å²) in [5.41, 5.74) is 1.57. The molecule has 0 aliphatic heterocycles. The molecule has 2 aromatic carbocycles. The summed E-state index contributed by atoms with van der Waals surface area (Å²) in [6, 6.07) is 13.8. The Kier molecular flexibility index (Phi) is 3.76. The van der Waals surface area contributed by atoms with Crippen LogP contribution in [-0.2, 0) is 10.0 Å². The third-order valence-corrected chi connectivity index (χ3v) is 5.30. The van der Waals surface area contributed by atoms with Crippen molar-refractivity contribution in [3.63, 3.8) is 0 Å². The lowest BCUT2D eigenvalue weighted by Gasteiger charge is -2.12. The Labute approximate surface area is 133 Å². The fraction of sp³-hybridized carbons (Fsp3) is 0.0625. The number of sulfonamides is 1. The summed E-state index contributed by atoms with van der Waals surface area (Å²) in [6.45, 7) is 1.68. The summed E-state index contributed by atoms with van der Waals surface area (Å²) in [6.07, 6.45) is 1.63. The van der Waals surface area contributed by atoms with Crippen LogP contribution in [0.4, 0.5) is 5.69 Å². The first-order valence-electron chi connectivity index (χ1n) is 6.61. The van der Waals surface area contributed by atoms with Crippen LogP contribution in [0.1, 0.15) is 5.56 Å². The van der Waals surface area contributed by atoms with Crippen molar-refractivity contribution in [3.05, 3.63) is 65.3 Å². The van der Waals surface area contributed by atoms with Crippen molar-refractivity contribution in [2.75, 3.05) is 4.72 Å². The van der Waals surface area contributed by atoms with E-state index >= 15 is 0 Å². The van der Waals surface area contributed by atoms with Gasteiger partial charge >= 0.3 is 0 Å². The molecule has 0 fully saturated rings. The molecule has 22 heavy (non-hydrogen) atoms. The fourth-order valence-corrected chi connectivity index (χ4v) is 3.83. The molecule has 0 amide bonds. The van der Waals surface area contributed by atoms with E-state index in [9.17, 15) is 8.42 Å². The fourth-order valence-electron chi connectivity index (χ4n) is 2.27. The van der Waals surface area contributed by atoms with Crippen LogP contribution in [0.5, 0.6) is 0 Å². The van der Waals surface area contributed by atoms with Crippen molar-refractivity contribution in [1.29, 1.82) is 0 Å². The maximum Gasteiger partial charge on any atom is 0.262 e. The quantitative estimate of drug-likeness (QED) is 0.788. The molecule has 0 saturated carbocycles. The highest BCUT2D eigenvalue weighted by molar-refractivity contribution is 7.92. The highest BCUT2D eigenvalue weighted by Crippen LogP contribution is 2.27. The number of fused-ring (bicyclic) bond motifs is 1. The van der Waals surface area contributed by atoms with Crippen molar-refractivity contribution in [2.24, 2.45) is 0 Å². The molecule has 3 rings (SSSR count). The second-order valence-corrected chi connectivity index (χ2v) is 6.91. The number of anilines is 1. The third-order valence-electron chi connectivity index (χ3n) is 3.38. The highest BCUT2D eigenvalue weighted by Gasteiger charge is 2.19. The zero-order valence-electron chi connectivity index (χ0n) is 11.7. The number of nitrogens with zero attached hydrogens (tertiary/aromatic N) is 1. The van der Waals surface area contributed by atoms with Gasteiger partial charge in [0, 0.05) is 16.6 Å². The minimum absolute atomic E-state index is 0.160. The molecule has 1 aromatic heterocycles. The Balaban J connectivity index is 2.09. The first-order chi connectivity index (χ1) is 10.5. The van der Waals surface area contributed by atoms with Crippen LogP contribution >= 0.6 is 11.6 Å². The van der Waals surface area contributed by atoms with Gasteiger partial charge in [-0.15, -0.1) is 0 Å². The van der Waals surface area contributed by atoms with Gasteiger partial charge in [0.15, 0.2) is 0 Å². The second kappa shape index (κ2) is 5.59. The average molecular weight is 333 g/mol. The van der Waals surface area contributed by atoms with Crippen LogP contribution < -0.4 is 4.72 Å². The lowest BCUT2D eigenvalue weighted by atomic mass is 10.2. The molecule has 0 aliphatic rings. The van der Waals surface area contributed by atoms with Crippen molar-refractivity contribution in [2.45, 2.75) is 11.8 Å².